The Morgan fingerprint density at radius 3 is 3.00 bits per heavy atom. The summed E-state index contributed by atoms with van der Waals surface area (Å²) in [6.07, 6.45) is 4.71. The highest BCUT2D eigenvalue weighted by atomic mass is 16.3. The molecule has 1 aromatic heterocycles. The van der Waals surface area contributed by atoms with Gasteiger partial charge in [-0.15, -0.1) is 0 Å². The molecule has 0 saturated carbocycles. The fourth-order valence-corrected chi connectivity index (χ4v) is 0.869. The normalized spacial score (nSPS) is 10.2. The zero-order chi connectivity index (χ0) is 7.40. The fourth-order valence-electron chi connectivity index (χ4n) is 0.869. The lowest BCUT2D eigenvalue weighted by atomic mass is 10.5. The Balaban J connectivity index is 2.59. The number of aromatic nitrogens is 2. The highest BCUT2D eigenvalue weighted by molar-refractivity contribution is 4.93. The van der Waals surface area contributed by atoms with Gasteiger partial charge in [-0.1, -0.05) is 6.92 Å². The number of hydrogen-bond acceptors (Lipinski definition) is 2. The predicted molar refractivity (Wildman–Crippen MR) is 38.4 cm³/mol. The van der Waals surface area contributed by atoms with E-state index in [0.717, 1.165) is 18.7 Å². The molecule has 0 unspecified atom stereocenters. The molecule has 0 atom stereocenters. The summed E-state index contributed by atoms with van der Waals surface area (Å²) in [5, 5.41) is 8.64. The molecule has 0 spiro atoms. The molecule has 1 aromatic rings. The third-order valence-electron chi connectivity index (χ3n) is 1.33. The van der Waals surface area contributed by atoms with Crippen molar-refractivity contribution < 1.29 is 5.11 Å². The van der Waals surface area contributed by atoms with Crippen LogP contribution >= 0.6 is 0 Å². The van der Waals surface area contributed by atoms with Crippen molar-refractivity contribution in [3.8, 4) is 0 Å². The monoisotopic (exact) mass is 140 g/mol. The molecule has 1 rings (SSSR count). The Kier molecular flexibility index (Phi) is 2.45. The van der Waals surface area contributed by atoms with E-state index in [1.165, 1.54) is 0 Å². The molecular formula is C7H12N2O. The van der Waals surface area contributed by atoms with E-state index in [4.69, 9.17) is 5.11 Å². The first-order valence-electron chi connectivity index (χ1n) is 3.48. The third-order valence-corrected chi connectivity index (χ3v) is 1.33. The molecule has 56 valence electrons. The van der Waals surface area contributed by atoms with Crippen LogP contribution in [0.5, 0.6) is 0 Å². The van der Waals surface area contributed by atoms with Gasteiger partial charge < -0.3 is 9.67 Å². The molecule has 1 heterocycles. The second-order valence-electron chi connectivity index (χ2n) is 2.26. The van der Waals surface area contributed by atoms with Gasteiger partial charge in [-0.2, -0.15) is 0 Å². The number of nitrogens with zero attached hydrogens (tertiary/aromatic N) is 2. The summed E-state index contributed by atoms with van der Waals surface area (Å²) in [5.74, 6) is 0. The van der Waals surface area contributed by atoms with Crippen molar-refractivity contribution in [1.82, 2.24) is 9.55 Å². The summed E-state index contributed by atoms with van der Waals surface area (Å²) < 4.78 is 1.98. The average molecular weight is 140 g/mol. The second-order valence-corrected chi connectivity index (χ2v) is 2.26. The number of aliphatic hydroxyl groups excluding tert-OH is 1. The third kappa shape index (κ3) is 1.57. The largest absolute Gasteiger partial charge is 0.390 e. The van der Waals surface area contributed by atoms with Gasteiger partial charge in [0.25, 0.3) is 0 Å². The van der Waals surface area contributed by atoms with E-state index < -0.39 is 0 Å². The quantitative estimate of drug-likeness (QED) is 0.674. The first-order chi connectivity index (χ1) is 4.86. The van der Waals surface area contributed by atoms with Crippen LogP contribution in [0.1, 0.15) is 19.0 Å². The molecule has 0 bridgehead atoms. The van der Waals surface area contributed by atoms with Gasteiger partial charge in [-0.25, -0.2) is 4.98 Å². The van der Waals surface area contributed by atoms with Crippen molar-refractivity contribution in [2.24, 2.45) is 0 Å². The highest BCUT2D eigenvalue weighted by Gasteiger charge is 1.93. The minimum Gasteiger partial charge on any atom is -0.390 e. The minimum absolute atomic E-state index is 0.0384. The molecule has 0 amide bonds. The molecule has 3 heteroatoms. The van der Waals surface area contributed by atoms with Crippen molar-refractivity contribution in [3.05, 3.63) is 18.2 Å². The maximum atomic E-state index is 8.64. The van der Waals surface area contributed by atoms with E-state index in [-0.39, 0.29) is 6.61 Å². The Labute approximate surface area is 60.3 Å². The van der Waals surface area contributed by atoms with E-state index in [2.05, 4.69) is 11.9 Å². The molecule has 0 aromatic carbocycles. The van der Waals surface area contributed by atoms with E-state index in [1.807, 2.05) is 10.8 Å². The number of imidazole rings is 1. The van der Waals surface area contributed by atoms with Gasteiger partial charge in [-0.05, 0) is 6.42 Å². The van der Waals surface area contributed by atoms with E-state index in [0.29, 0.717) is 0 Å². The standard InChI is InChI=1S/C7H12N2O/c1-2-3-9-4-7(5-10)8-6-9/h4,6,10H,2-3,5H2,1H3. The zero-order valence-corrected chi connectivity index (χ0v) is 6.12. The predicted octanol–water partition coefficient (Wildman–Crippen LogP) is 0.785. The molecular weight excluding hydrogens is 128 g/mol. The summed E-state index contributed by atoms with van der Waals surface area (Å²) in [4.78, 5) is 3.97. The number of aliphatic hydroxyl groups is 1. The number of aryl methyl sites for hydroxylation is 1. The van der Waals surface area contributed by atoms with E-state index in [9.17, 15) is 0 Å². The van der Waals surface area contributed by atoms with Crippen LogP contribution in [0.2, 0.25) is 0 Å². The zero-order valence-electron chi connectivity index (χ0n) is 6.12. The molecule has 0 radical (unpaired) electrons. The summed E-state index contributed by atoms with van der Waals surface area (Å²) in [6, 6.07) is 0. The molecule has 0 aliphatic heterocycles. The lowest BCUT2D eigenvalue weighted by Gasteiger charge is -1.94. The minimum atomic E-state index is 0.0384. The first kappa shape index (κ1) is 7.28. The van der Waals surface area contributed by atoms with E-state index >= 15 is 0 Å². The van der Waals surface area contributed by atoms with Gasteiger partial charge in [0.2, 0.25) is 0 Å². The summed E-state index contributed by atoms with van der Waals surface area (Å²) in [7, 11) is 0. The van der Waals surface area contributed by atoms with Crippen LogP contribution in [-0.2, 0) is 13.2 Å². The van der Waals surface area contributed by atoms with Gasteiger partial charge in [0.05, 0.1) is 18.6 Å². The van der Waals surface area contributed by atoms with Gasteiger partial charge in [-0.3, -0.25) is 0 Å². The summed E-state index contributed by atoms with van der Waals surface area (Å²) >= 11 is 0. The van der Waals surface area contributed by atoms with Crippen molar-refractivity contribution in [1.29, 1.82) is 0 Å². The van der Waals surface area contributed by atoms with Gasteiger partial charge in [0.1, 0.15) is 0 Å². The Hall–Kier alpha value is -0.830. The van der Waals surface area contributed by atoms with E-state index in [1.54, 1.807) is 6.33 Å². The summed E-state index contributed by atoms with van der Waals surface area (Å²) in [6.45, 7) is 3.13. The van der Waals surface area contributed by atoms with Crippen molar-refractivity contribution in [2.45, 2.75) is 26.5 Å². The van der Waals surface area contributed by atoms with Crippen LogP contribution in [0.4, 0.5) is 0 Å². The molecule has 3 nitrogen and oxygen atoms in total. The number of rotatable bonds is 3. The molecule has 0 saturated heterocycles. The van der Waals surface area contributed by atoms with Gasteiger partial charge in [0, 0.05) is 12.7 Å². The second kappa shape index (κ2) is 3.37. The lowest BCUT2D eigenvalue weighted by molar-refractivity contribution is 0.277. The van der Waals surface area contributed by atoms with Crippen molar-refractivity contribution >= 4 is 0 Å². The lowest BCUT2D eigenvalue weighted by Crippen LogP contribution is -1.91. The average Bonchev–Trinajstić information content (AvgIpc) is 2.37. The van der Waals surface area contributed by atoms with Crippen LogP contribution in [-0.4, -0.2) is 14.7 Å². The first-order valence-corrected chi connectivity index (χ1v) is 3.48. The van der Waals surface area contributed by atoms with Crippen LogP contribution in [0.25, 0.3) is 0 Å². The highest BCUT2D eigenvalue weighted by Crippen LogP contribution is 1.96. The molecule has 0 fully saturated rings. The maximum Gasteiger partial charge on any atom is 0.0950 e. The molecule has 10 heavy (non-hydrogen) atoms. The van der Waals surface area contributed by atoms with Crippen LogP contribution < -0.4 is 0 Å². The molecule has 0 aliphatic carbocycles. The Morgan fingerprint density at radius 1 is 1.70 bits per heavy atom. The molecule has 0 aliphatic rings. The SMILES string of the molecule is CCCn1cnc(CO)c1. The van der Waals surface area contributed by atoms with Crippen LogP contribution in [0, 0.1) is 0 Å². The summed E-state index contributed by atoms with van der Waals surface area (Å²) in [5.41, 5.74) is 0.744. The number of hydrogen-bond donors (Lipinski definition) is 1. The van der Waals surface area contributed by atoms with Crippen molar-refractivity contribution in [3.63, 3.8) is 0 Å². The molecule has 1 N–H and O–H groups in total. The smallest absolute Gasteiger partial charge is 0.0950 e. The van der Waals surface area contributed by atoms with Crippen molar-refractivity contribution in [2.75, 3.05) is 0 Å². The maximum absolute atomic E-state index is 8.64. The van der Waals surface area contributed by atoms with Gasteiger partial charge in [0.15, 0.2) is 0 Å². The Bertz CT molecular complexity index is 195. The van der Waals surface area contributed by atoms with Gasteiger partial charge >= 0.3 is 0 Å². The Morgan fingerprint density at radius 2 is 2.50 bits per heavy atom. The van der Waals surface area contributed by atoms with Crippen LogP contribution in [0.3, 0.4) is 0 Å². The van der Waals surface area contributed by atoms with Crippen LogP contribution in [0.15, 0.2) is 12.5 Å². The fraction of sp³-hybridized carbons (Fsp3) is 0.571. The topological polar surface area (TPSA) is 38.0 Å².